The number of carbonyl (C=O) groups excluding carboxylic acids is 2. The molecule has 0 saturated heterocycles. The summed E-state index contributed by atoms with van der Waals surface area (Å²) in [5.41, 5.74) is 0.715. The van der Waals surface area contributed by atoms with E-state index in [4.69, 9.17) is 11.6 Å². The van der Waals surface area contributed by atoms with Gasteiger partial charge in [-0.05, 0) is 12.5 Å². The maximum Gasteiger partial charge on any atom is 0.325 e. The number of hydrogen-bond donors (Lipinski definition) is 0. The van der Waals surface area contributed by atoms with Gasteiger partial charge in [0.1, 0.15) is 11.9 Å². The van der Waals surface area contributed by atoms with Crippen LogP contribution >= 0.6 is 11.6 Å². The molecular weight excluding hydrogens is 254 g/mol. The Bertz CT molecular complexity index is 408. The third-order valence-electron chi connectivity index (χ3n) is 2.55. The van der Waals surface area contributed by atoms with Crippen LogP contribution in [-0.4, -0.2) is 37.0 Å². The zero-order valence-electron chi connectivity index (χ0n) is 10.4. The van der Waals surface area contributed by atoms with Crippen molar-refractivity contribution in [1.29, 1.82) is 0 Å². The van der Waals surface area contributed by atoms with Gasteiger partial charge in [-0.2, -0.15) is 0 Å². The molecule has 0 bridgehead atoms. The molecule has 0 radical (unpaired) electrons. The number of ether oxygens (including phenoxy) is 1. The van der Waals surface area contributed by atoms with E-state index in [-0.39, 0.29) is 12.5 Å². The number of carbonyl (C=O) groups is 2. The van der Waals surface area contributed by atoms with Gasteiger partial charge >= 0.3 is 5.97 Å². The summed E-state index contributed by atoms with van der Waals surface area (Å²) in [5, 5.41) is -0.782. The summed E-state index contributed by atoms with van der Waals surface area (Å²) < 4.78 is 4.54. The van der Waals surface area contributed by atoms with E-state index < -0.39 is 11.3 Å². The molecule has 1 rings (SSSR count). The van der Waals surface area contributed by atoms with Gasteiger partial charge in [0.25, 0.3) is 0 Å². The second-order valence-corrected chi connectivity index (χ2v) is 4.14. The lowest BCUT2D eigenvalue weighted by Crippen LogP contribution is -2.37. The molecule has 0 aliphatic carbocycles. The van der Waals surface area contributed by atoms with E-state index in [0.29, 0.717) is 12.1 Å². The third-order valence-corrected chi connectivity index (χ3v) is 2.99. The van der Waals surface area contributed by atoms with Crippen LogP contribution in [0.4, 0.5) is 0 Å². The summed E-state index contributed by atoms with van der Waals surface area (Å²) in [6.45, 7) is 2.11. The summed E-state index contributed by atoms with van der Waals surface area (Å²) in [7, 11) is 1.29. The van der Waals surface area contributed by atoms with Gasteiger partial charge in [0.2, 0.25) is 5.91 Å². The minimum absolute atomic E-state index is 0.0815. The molecule has 98 valence electrons. The Balaban J connectivity index is 2.75. The Kier molecular flexibility index (Phi) is 5.65. The Hall–Kier alpha value is -1.55. The van der Waals surface area contributed by atoms with Crippen molar-refractivity contribution in [1.82, 2.24) is 4.90 Å². The summed E-state index contributed by atoms with van der Waals surface area (Å²) in [6.07, 6.45) is 0. The first-order valence-electron chi connectivity index (χ1n) is 5.64. The van der Waals surface area contributed by atoms with Crippen LogP contribution in [0, 0.1) is 0 Å². The van der Waals surface area contributed by atoms with Crippen molar-refractivity contribution in [2.45, 2.75) is 12.3 Å². The Morgan fingerprint density at radius 3 is 2.44 bits per heavy atom. The van der Waals surface area contributed by atoms with Gasteiger partial charge in [-0.1, -0.05) is 30.3 Å². The van der Waals surface area contributed by atoms with Gasteiger partial charge in [-0.3, -0.25) is 9.59 Å². The minimum atomic E-state index is -0.782. The van der Waals surface area contributed by atoms with Crippen molar-refractivity contribution in [3.8, 4) is 0 Å². The van der Waals surface area contributed by atoms with Crippen LogP contribution in [0.25, 0.3) is 0 Å². The highest BCUT2D eigenvalue weighted by atomic mass is 35.5. The van der Waals surface area contributed by atoms with Crippen molar-refractivity contribution in [2.24, 2.45) is 0 Å². The summed E-state index contributed by atoms with van der Waals surface area (Å²) in [5.74, 6) is -0.752. The normalized spacial score (nSPS) is 11.7. The van der Waals surface area contributed by atoms with Crippen LogP contribution in [0.5, 0.6) is 0 Å². The largest absolute Gasteiger partial charge is 0.468 e. The topological polar surface area (TPSA) is 46.6 Å². The van der Waals surface area contributed by atoms with Crippen LogP contribution in [0.15, 0.2) is 30.3 Å². The molecule has 18 heavy (non-hydrogen) atoms. The molecule has 0 heterocycles. The van der Waals surface area contributed by atoms with Crippen molar-refractivity contribution in [2.75, 3.05) is 20.2 Å². The SMILES string of the molecule is CCN(CC(=O)OC)C(=O)C(Cl)c1ccccc1. The molecule has 0 aliphatic heterocycles. The predicted octanol–water partition coefficient (Wildman–Crippen LogP) is 1.99. The van der Waals surface area contributed by atoms with Crippen molar-refractivity contribution < 1.29 is 14.3 Å². The number of methoxy groups -OCH3 is 1. The molecular formula is C13H16ClNO3. The zero-order valence-corrected chi connectivity index (χ0v) is 11.2. The first kappa shape index (κ1) is 14.5. The first-order valence-corrected chi connectivity index (χ1v) is 6.08. The van der Waals surface area contributed by atoms with E-state index in [2.05, 4.69) is 4.74 Å². The molecule has 1 atom stereocenters. The molecule has 0 aromatic heterocycles. The Morgan fingerprint density at radius 1 is 1.33 bits per heavy atom. The average Bonchev–Trinajstić information content (AvgIpc) is 2.43. The van der Waals surface area contributed by atoms with Crippen LogP contribution in [-0.2, 0) is 14.3 Å². The summed E-state index contributed by atoms with van der Waals surface area (Å²) in [6, 6.07) is 9.04. The van der Waals surface area contributed by atoms with Gasteiger partial charge in [-0.15, -0.1) is 11.6 Å². The maximum absolute atomic E-state index is 12.1. The lowest BCUT2D eigenvalue weighted by Gasteiger charge is -2.22. The van der Waals surface area contributed by atoms with Crippen LogP contribution in [0.2, 0.25) is 0 Å². The van der Waals surface area contributed by atoms with Crippen LogP contribution in [0.1, 0.15) is 17.9 Å². The highest BCUT2D eigenvalue weighted by Crippen LogP contribution is 2.22. The molecule has 1 unspecified atom stereocenters. The van der Waals surface area contributed by atoms with Gasteiger partial charge in [0.15, 0.2) is 0 Å². The number of esters is 1. The van der Waals surface area contributed by atoms with E-state index in [0.717, 1.165) is 0 Å². The first-order chi connectivity index (χ1) is 8.60. The van der Waals surface area contributed by atoms with E-state index >= 15 is 0 Å². The number of hydrogen-bond acceptors (Lipinski definition) is 3. The molecule has 1 aromatic rings. The lowest BCUT2D eigenvalue weighted by atomic mass is 10.1. The third kappa shape index (κ3) is 3.74. The summed E-state index contributed by atoms with van der Waals surface area (Å²) >= 11 is 6.11. The summed E-state index contributed by atoms with van der Waals surface area (Å²) in [4.78, 5) is 24.7. The molecule has 0 N–H and O–H groups in total. The van der Waals surface area contributed by atoms with Gasteiger partial charge in [0, 0.05) is 6.54 Å². The fourth-order valence-electron chi connectivity index (χ4n) is 1.49. The van der Waals surface area contributed by atoms with E-state index in [1.165, 1.54) is 12.0 Å². The number of likely N-dealkylation sites (N-methyl/N-ethyl adjacent to an activating group) is 1. The number of rotatable bonds is 5. The zero-order chi connectivity index (χ0) is 13.5. The fourth-order valence-corrected chi connectivity index (χ4v) is 1.77. The van der Waals surface area contributed by atoms with Crippen LogP contribution in [0.3, 0.4) is 0 Å². The number of benzene rings is 1. The number of nitrogens with zero attached hydrogens (tertiary/aromatic N) is 1. The monoisotopic (exact) mass is 269 g/mol. The molecule has 1 amide bonds. The number of amides is 1. The van der Waals surface area contributed by atoms with Gasteiger partial charge in [0.05, 0.1) is 7.11 Å². The van der Waals surface area contributed by atoms with Crippen LogP contribution < -0.4 is 0 Å². The van der Waals surface area contributed by atoms with E-state index in [1.807, 2.05) is 18.2 Å². The number of halogens is 1. The second-order valence-electron chi connectivity index (χ2n) is 3.70. The standard InChI is InChI=1S/C13H16ClNO3/c1-3-15(9-11(16)18-2)13(17)12(14)10-7-5-4-6-8-10/h4-8,12H,3,9H2,1-2H3. The molecule has 0 saturated carbocycles. The minimum Gasteiger partial charge on any atom is -0.468 e. The Morgan fingerprint density at radius 2 is 1.94 bits per heavy atom. The molecule has 0 spiro atoms. The van der Waals surface area contributed by atoms with Crippen molar-refractivity contribution in [3.63, 3.8) is 0 Å². The average molecular weight is 270 g/mol. The highest BCUT2D eigenvalue weighted by Gasteiger charge is 2.24. The molecule has 4 nitrogen and oxygen atoms in total. The van der Waals surface area contributed by atoms with Crippen molar-refractivity contribution in [3.05, 3.63) is 35.9 Å². The molecule has 5 heteroatoms. The maximum atomic E-state index is 12.1. The van der Waals surface area contributed by atoms with Gasteiger partial charge in [-0.25, -0.2) is 0 Å². The fraction of sp³-hybridized carbons (Fsp3) is 0.385. The second kappa shape index (κ2) is 7.01. The van der Waals surface area contributed by atoms with E-state index in [9.17, 15) is 9.59 Å². The molecule has 1 aromatic carbocycles. The highest BCUT2D eigenvalue weighted by molar-refractivity contribution is 6.30. The van der Waals surface area contributed by atoms with E-state index in [1.54, 1.807) is 19.1 Å². The lowest BCUT2D eigenvalue weighted by molar-refractivity contribution is -0.146. The molecule has 0 aliphatic rings. The smallest absolute Gasteiger partial charge is 0.325 e. The molecule has 0 fully saturated rings. The Labute approximate surface area is 111 Å². The van der Waals surface area contributed by atoms with Crippen molar-refractivity contribution >= 4 is 23.5 Å². The van der Waals surface area contributed by atoms with Gasteiger partial charge < -0.3 is 9.64 Å². The number of alkyl halides is 1. The quantitative estimate of drug-likeness (QED) is 0.607. The predicted molar refractivity (Wildman–Crippen MR) is 69.3 cm³/mol.